The van der Waals surface area contributed by atoms with Crippen molar-refractivity contribution in [1.29, 1.82) is 0 Å². The number of amides is 1. The predicted octanol–water partition coefficient (Wildman–Crippen LogP) is 3.33. The summed E-state index contributed by atoms with van der Waals surface area (Å²) in [5.41, 5.74) is 1.91. The minimum Gasteiger partial charge on any atom is -0.352 e. The maximum Gasteiger partial charge on any atom is 0.251 e. The molecule has 0 saturated heterocycles. The van der Waals surface area contributed by atoms with Crippen LogP contribution in [0.3, 0.4) is 0 Å². The zero-order valence-electron chi connectivity index (χ0n) is 11.6. The van der Waals surface area contributed by atoms with Gasteiger partial charge in [0.05, 0.1) is 11.0 Å². The summed E-state index contributed by atoms with van der Waals surface area (Å²) in [7, 11) is 0. The summed E-state index contributed by atoms with van der Waals surface area (Å²) in [6.07, 6.45) is 0.537. The highest BCUT2D eigenvalue weighted by Gasteiger charge is 2.07. The van der Waals surface area contributed by atoms with Crippen LogP contribution in [0.1, 0.15) is 16.2 Å². The second-order valence-corrected chi connectivity index (χ2v) is 5.29. The van der Waals surface area contributed by atoms with Crippen LogP contribution in [-0.2, 0) is 6.42 Å². The number of hydrogen-bond donors (Lipinski definition) is 2. The highest BCUT2D eigenvalue weighted by Crippen LogP contribution is 2.13. The van der Waals surface area contributed by atoms with Gasteiger partial charge in [-0.3, -0.25) is 4.79 Å². The predicted molar refractivity (Wildman–Crippen MR) is 83.5 cm³/mol. The van der Waals surface area contributed by atoms with Gasteiger partial charge in [-0.25, -0.2) is 9.37 Å². The number of nitrogens with one attached hydrogen (secondary N) is 2. The zero-order valence-corrected chi connectivity index (χ0v) is 12.3. The normalized spacial score (nSPS) is 10.8. The molecule has 0 saturated carbocycles. The van der Waals surface area contributed by atoms with Gasteiger partial charge in [0.25, 0.3) is 5.91 Å². The van der Waals surface area contributed by atoms with Crippen molar-refractivity contribution in [3.05, 3.63) is 64.7 Å². The number of carbonyl (C=O) groups excluding carboxylic acids is 1. The van der Waals surface area contributed by atoms with Gasteiger partial charge in [-0.1, -0.05) is 11.6 Å². The van der Waals surface area contributed by atoms with Crippen LogP contribution < -0.4 is 5.32 Å². The van der Waals surface area contributed by atoms with E-state index in [1.165, 1.54) is 12.1 Å². The fourth-order valence-electron chi connectivity index (χ4n) is 2.15. The first-order chi connectivity index (χ1) is 10.6. The van der Waals surface area contributed by atoms with Gasteiger partial charge in [0.15, 0.2) is 0 Å². The molecule has 0 aliphatic rings. The Morgan fingerprint density at radius 3 is 2.77 bits per heavy atom. The van der Waals surface area contributed by atoms with Gasteiger partial charge in [0.2, 0.25) is 0 Å². The van der Waals surface area contributed by atoms with Crippen LogP contribution in [0.4, 0.5) is 4.39 Å². The van der Waals surface area contributed by atoms with Crippen LogP contribution in [-0.4, -0.2) is 22.4 Å². The van der Waals surface area contributed by atoms with Crippen LogP contribution >= 0.6 is 11.6 Å². The molecule has 0 radical (unpaired) electrons. The van der Waals surface area contributed by atoms with E-state index in [0.29, 0.717) is 40.4 Å². The molecule has 6 heteroatoms. The third-order valence-electron chi connectivity index (χ3n) is 3.25. The number of carbonyl (C=O) groups is 1. The lowest BCUT2D eigenvalue weighted by Crippen LogP contribution is -2.25. The quantitative estimate of drug-likeness (QED) is 0.775. The summed E-state index contributed by atoms with van der Waals surface area (Å²) in [5, 5.41) is 3.40. The molecule has 0 bridgehead atoms. The standard InChI is InChI=1S/C16H13ClFN3O/c17-11-3-1-10(2-4-11)16(22)19-8-7-15-20-13-6-5-12(18)9-14(13)21-15/h1-6,9H,7-8H2,(H,19,22)(H,20,21). The van der Waals surface area contributed by atoms with Crippen molar-refractivity contribution in [2.75, 3.05) is 6.54 Å². The van der Waals surface area contributed by atoms with Gasteiger partial charge in [-0.2, -0.15) is 0 Å². The first-order valence-electron chi connectivity index (χ1n) is 6.80. The van der Waals surface area contributed by atoms with Crippen LogP contribution in [0.15, 0.2) is 42.5 Å². The molecular weight excluding hydrogens is 305 g/mol. The smallest absolute Gasteiger partial charge is 0.251 e. The second kappa shape index (κ2) is 6.15. The average molecular weight is 318 g/mol. The molecule has 0 spiro atoms. The van der Waals surface area contributed by atoms with E-state index in [2.05, 4.69) is 15.3 Å². The van der Waals surface area contributed by atoms with E-state index in [-0.39, 0.29) is 11.7 Å². The minimum absolute atomic E-state index is 0.168. The Labute approximate surface area is 131 Å². The molecule has 2 N–H and O–H groups in total. The molecule has 1 heterocycles. The number of hydrogen-bond acceptors (Lipinski definition) is 2. The molecule has 1 amide bonds. The first-order valence-corrected chi connectivity index (χ1v) is 7.17. The molecular formula is C16H13ClFN3O. The summed E-state index contributed by atoms with van der Waals surface area (Å²) >= 11 is 5.78. The molecule has 4 nitrogen and oxygen atoms in total. The second-order valence-electron chi connectivity index (χ2n) is 4.86. The largest absolute Gasteiger partial charge is 0.352 e. The van der Waals surface area contributed by atoms with Crippen molar-refractivity contribution in [3.63, 3.8) is 0 Å². The lowest BCUT2D eigenvalue weighted by Gasteiger charge is -2.04. The molecule has 0 unspecified atom stereocenters. The van der Waals surface area contributed by atoms with Crippen molar-refractivity contribution >= 4 is 28.5 Å². The van der Waals surface area contributed by atoms with Crippen molar-refractivity contribution in [3.8, 4) is 0 Å². The van der Waals surface area contributed by atoms with Crippen LogP contribution in [0.25, 0.3) is 11.0 Å². The molecule has 3 rings (SSSR count). The number of rotatable bonds is 4. The number of aromatic nitrogens is 2. The topological polar surface area (TPSA) is 57.8 Å². The van der Waals surface area contributed by atoms with Gasteiger partial charge in [0, 0.05) is 23.6 Å². The molecule has 0 aliphatic heterocycles. The third kappa shape index (κ3) is 3.26. The molecule has 0 fully saturated rings. The third-order valence-corrected chi connectivity index (χ3v) is 3.50. The molecule has 3 aromatic rings. The SMILES string of the molecule is O=C(NCCc1nc2ccc(F)cc2[nH]1)c1ccc(Cl)cc1. The first kappa shape index (κ1) is 14.5. The monoisotopic (exact) mass is 317 g/mol. The Hall–Kier alpha value is -2.40. The van der Waals surface area contributed by atoms with Gasteiger partial charge in [0.1, 0.15) is 11.6 Å². The molecule has 22 heavy (non-hydrogen) atoms. The number of fused-ring (bicyclic) bond motifs is 1. The van der Waals surface area contributed by atoms with Crippen molar-refractivity contribution in [1.82, 2.24) is 15.3 Å². The molecule has 0 atom stereocenters. The van der Waals surface area contributed by atoms with Crippen molar-refractivity contribution in [2.45, 2.75) is 6.42 Å². The maximum atomic E-state index is 13.1. The summed E-state index contributed by atoms with van der Waals surface area (Å²) in [5.74, 6) is 0.231. The van der Waals surface area contributed by atoms with E-state index in [4.69, 9.17) is 11.6 Å². The fourth-order valence-corrected chi connectivity index (χ4v) is 2.28. The number of benzene rings is 2. The van der Waals surface area contributed by atoms with E-state index in [1.54, 1.807) is 30.3 Å². The lowest BCUT2D eigenvalue weighted by atomic mass is 10.2. The summed E-state index contributed by atoms with van der Waals surface area (Å²) in [6.45, 7) is 0.434. The van der Waals surface area contributed by atoms with Crippen LogP contribution in [0.2, 0.25) is 5.02 Å². The Bertz CT molecular complexity index is 814. The fraction of sp³-hybridized carbons (Fsp3) is 0.125. The van der Waals surface area contributed by atoms with Crippen molar-refractivity contribution < 1.29 is 9.18 Å². The molecule has 1 aromatic heterocycles. The van der Waals surface area contributed by atoms with E-state index in [9.17, 15) is 9.18 Å². The summed E-state index contributed by atoms with van der Waals surface area (Å²) < 4.78 is 13.1. The lowest BCUT2D eigenvalue weighted by molar-refractivity contribution is 0.0954. The van der Waals surface area contributed by atoms with Gasteiger partial charge >= 0.3 is 0 Å². The minimum atomic E-state index is -0.307. The number of halogens is 2. The highest BCUT2D eigenvalue weighted by atomic mass is 35.5. The Morgan fingerprint density at radius 2 is 2.00 bits per heavy atom. The Balaban J connectivity index is 1.59. The number of H-pyrrole nitrogens is 1. The van der Waals surface area contributed by atoms with E-state index < -0.39 is 0 Å². The van der Waals surface area contributed by atoms with Crippen LogP contribution in [0.5, 0.6) is 0 Å². The highest BCUT2D eigenvalue weighted by molar-refractivity contribution is 6.30. The van der Waals surface area contributed by atoms with E-state index >= 15 is 0 Å². The molecule has 0 aliphatic carbocycles. The van der Waals surface area contributed by atoms with Gasteiger partial charge in [-0.05, 0) is 42.5 Å². The van der Waals surface area contributed by atoms with E-state index in [1.807, 2.05) is 0 Å². The zero-order chi connectivity index (χ0) is 15.5. The van der Waals surface area contributed by atoms with Gasteiger partial charge in [-0.15, -0.1) is 0 Å². The van der Waals surface area contributed by atoms with Gasteiger partial charge < -0.3 is 10.3 Å². The van der Waals surface area contributed by atoms with Crippen LogP contribution in [0, 0.1) is 5.82 Å². The maximum absolute atomic E-state index is 13.1. The number of aromatic amines is 1. The molecule has 112 valence electrons. The summed E-state index contributed by atoms with van der Waals surface area (Å²) in [6, 6.07) is 11.1. The average Bonchev–Trinajstić information content (AvgIpc) is 2.89. The Kier molecular flexibility index (Phi) is 4.06. The Morgan fingerprint density at radius 1 is 1.23 bits per heavy atom. The van der Waals surface area contributed by atoms with E-state index in [0.717, 1.165) is 0 Å². The summed E-state index contributed by atoms with van der Waals surface area (Å²) in [4.78, 5) is 19.3. The van der Waals surface area contributed by atoms with Crippen molar-refractivity contribution in [2.24, 2.45) is 0 Å². The number of nitrogens with zero attached hydrogens (tertiary/aromatic N) is 1. The number of imidazole rings is 1. The molecule has 2 aromatic carbocycles.